The minimum atomic E-state index is -0.409. The lowest BCUT2D eigenvalue weighted by Crippen LogP contribution is -2.39. The van der Waals surface area contributed by atoms with Gasteiger partial charge in [-0.25, -0.2) is 4.39 Å². The molecule has 0 saturated carbocycles. The van der Waals surface area contributed by atoms with Crippen LogP contribution in [0, 0.1) is 5.82 Å². The molecular formula is C16H19ClFN3O. The topological polar surface area (TPSA) is 40.8 Å². The number of furan rings is 1. The van der Waals surface area contributed by atoms with Gasteiger partial charge in [0.05, 0.1) is 11.3 Å². The number of halogens is 2. The lowest BCUT2D eigenvalue weighted by molar-refractivity contribution is 0.468. The largest absolute Gasteiger partial charge is 0.469 e. The second kappa shape index (κ2) is 7.84. The first kappa shape index (κ1) is 16.4. The molecule has 0 aliphatic carbocycles. The summed E-state index contributed by atoms with van der Waals surface area (Å²) in [6.45, 7) is 1.24. The molecule has 0 atom stereocenters. The van der Waals surface area contributed by atoms with Crippen LogP contribution in [0.15, 0.2) is 46.0 Å². The molecule has 0 spiro atoms. The fourth-order valence-electron chi connectivity index (χ4n) is 2.12. The molecule has 0 radical (unpaired) electrons. The van der Waals surface area contributed by atoms with E-state index >= 15 is 0 Å². The molecule has 0 aliphatic rings. The van der Waals surface area contributed by atoms with E-state index in [1.54, 1.807) is 25.4 Å². The van der Waals surface area contributed by atoms with E-state index in [1.165, 1.54) is 6.07 Å². The summed E-state index contributed by atoms with van der Waals surface area (Å²) in [5, 5.41) is 3.38. The molecule has 118 valence electrons. The van der Waals surface area contributed by atoms with Crippen molar-refractivity contribution >= 4 is 17.6 Å². The third kappa shape index (κ3) is 4.49. The van der Waals surface area contributed by atoms with Crippen LogP contribution in [0.4, 0.5) is 4.39 Å². The van der Waals surface area contributed by atoms with Gasteiger partial charge in [0.15, 0.2) is 5.96 Å². The molecule has 0 fully saturated rings. The SMILES string of the molecule is CN=C(NCCc1ccco1)N(C)Cc1ccc(Cl)c(F)c1. The number of benzene rings is 1. The quantitative estimate of drug-likeness (QED) is 0.678. The van der Waals surface area contributed by atoms with E-state index in [0.717, 1.165) is 23.7 Å². The summed E-state index contributed by atoms with van der Waals surface area (Å²) in [7, 11) is 3.61. The third-order valence-electron chi connectivity index (χ3n) is 3.21. The highest BCUT2D eigenvalue weighted by Crippen LogP contribution is 2.16. The number of aliphatic imine (C=N–C) groups is 1. The summed E-state index contributed by atoms with van der Waals surface area (Å²) < 4.78 is 18.7. The highest BCUT2D eigenvalue weighted by Gasteiger charge is 2.08. The van der Waals surface area contributed by atoms with Crippen LogP contribution >= 0.6 is 11.6 Å². The zero-order valence-electron chi connectivity index (χ0n) is 12.6. The van der Waals surface area contributed by atoms with E-state index in [1.807, 2.05) is 24.1 Å². The van der Waals surface area contributed by atoms with Gasteiger partial charge in [-0.05, 0) is 29.8 Å². The summed E-state index contributed by atoms with van der Waals surface area (Å²) in [5.41, 5.74) is 0.832. The van der Waals surface area contributed by atoms with Gasteiger partial charge in [-0.15, -0.1) is 0 Å². The maximum absolute atomic E-state index is 13.5. The molecule has 22 heavy (non-hydrogen) atoms. The minimum absolute atomic E-state index is 0.132. The van der Waals surface area contributed by atoms with Gasteiger partial charge in [0, 0.05) is 33.6 Å². The van der Waals surface area contributed by atoms with Gasteiger partial charge >= 0.3 is 0 Å². The zero-order chi connectivity index (χ0) is 15.9. The van der Waals surface area contributed by atoms with Crippen molar-refractivity contribution in [2.24, 2.45) is 4.99 Å². The van der Waals surface area contributed by atoms with E-state index in [0.29, 0.717) is 13.1 Å². The third-order valence-corrected chi connectivity index (χ3v) is 3.52. The summed E-state index contributed by atoms with van der Waals surface area (Å²) in [4.78, 5) is 6.15. The highest BCUT2D eigenvalue weighted by atomic mass is 35.5. The van der Waals surface area contributed by atoms with Gasteiger partial charge in [0.1, 0.15) is 11.6 Å². The molecule has 2 rings (SSSR count). The van der Waals surface area contributed by atoms with Gasteiger partial charge in [-0.3, -0.25) is 4.99 Å². The molecule has 0 aliphatic heterocycles. The Morgan fingerprint density at radius 2 is 2.23 bits per heavy atom. The van der Waals surface area contributed by atoms with E-state index in [4.69, 9.17) is 16.0 Å². The Morgan fingerprint density at radius 3 is 2.86 bits per heavy atom. The van der Waals surface area contributed by atoms with E-state index in [-0.39, 0.29) is 5.02 Å². The Hall–Kier alpha value is -2.01. The predicted molar refractivity (Wildman–Crippen MR) is 86.7 cm³/mol. The van der Waals surface area contributed by atoms with Gasteiger partial charge in [-0.1, -0.05) is 17.7 Å². The lowest BCUT2D eigenvalue weighted by Gasteiger charge is -2.22. The second-order valence-corrected chi connectivity index (χ2v) is 5.32. The van der Waals surface area contributed by atoms with Crippen molar-refractivity contribution in [2.75, 3.05) is 20.6 Å². The molecule has 1 N–H and O–H groups in total. The molecule has 6 heteroatoms. The van der Waals surface area contributed by atoms with Crippen LogP contribution in [0.3, 0.4) is 0 Å². The number of nitrogens with zero attached hydrogens (tertiary/aromatic N) is 2. The fourth-order valence-corrected chi connectivity index (χ4v) is 2.24. The van der Waals surface area contributed by atoms with Gasteiger partial charge in [0.2, 0.25) is 0 Å². The van der Waals surface area contributed by atoms with Crippen molar-refractivity contribution in [3.63, 3.8) is 0 Å². The summed E-state index contributed by atoms with van der Waals surface area (Å²) in [5.74, 6) is 1.25. The van der Waals surface area contributed by atoms with Crippen LogP contribution in [0.5, 0.6) is 0 Å². The number of rotatable bonds is 5. The molecular weight excluding hydrogens is 305 g/mol. The number of nitrogens with one attached hydrogen (secondary N) is 1. The van der Waals surface area contributed by atoms with Crippen LogP contribution in [0.1, 0.15) is 11.3 Å². The average Bonchev–Trinajstić information content (AvgIpc) is 3.00. The van der Waals surface area contributed by atoms with E-state index < -0.39 is 5.82 Å². The van der Waals surface area contributed by atoms with Crippen molar-refractivity contribution in [1.82, 2.24) is 10.2 Å². The van der Waals surface area contributed by atoms with Gasteiger partial charge < -0.3 is 14.6 Å². The molecule has 4 nitrogen and oxygen atoms in total. The van der Waals surface area contributed by atoms with Crippen LogP contribution in [-0.4, -0.2) is 31.5 Å². The second-order valence-electron chi connectivity index (χ2n) is 4.91. The lowest BCUT2D eigenvalue weighted by atomic mass is 10.2. The number of hydrogen-bond donors (Lipinski definition) is 1. The smallest absolute Gasteiger partial charge is 0.193 e. The first-order valence-electron chi connectivity index (χ1n) is 6.98. The average molecular weight is 324 g/mol. The molecule has 0 bridgehead atoms. The first-order chi connectivity index (χ1) is 10.6. The number of guanidine groups is 1. The van der Waals surface area contributed by atoms with Crippen molar-refractivity contribution in [1.29, 1.82) is 0 Å². The van der Waals surface area contributed by atoms with Crippen molar-refractivity contribution in [2.45, 2.75) is 13.0 Å². The zero-order valence-corrected chi connectivity index (χ0v) is 13.4. The Kier molecular flexibility index (Phi) is 5.83. The van der Waals surface area contributed by atoms with Crippen LogP contribution in [0.2, 0.25) is 5.02 Å². The fraction of sp³-hybridized carbons (Fsp3) is 0.312. The summed E-state index contributed by atoms with van der Waals surface area (Å²) in [6, 6.07) is 8.61. The van der Waals surface area contributed by atoms with Gasteiger partial charge in [0.25, 0.3) is 0 Å². The standard InChI is InChI=1S/C16H19ClFN3O/c1-19-16(20-8-7-13-4-3-9-22-13)21(2)11-12-5-6-14(17)15(18)10-12/h3-6,9-10H,7-8,11H2,1-2H3,(H,19,20). The molecule has 0 amide bonds. The van der Waals surface area contributed by atoms with Crippen LogP contribution in [-0.2, 0) is 13.0 Å². The molecule has 1 heterocycles. The monoisotopic (exact) mass is 323 g/mol. The van der Waals surface area contributed by atoms with E-state index in [9.17, 15) is 4.39 Å². The molecule has 0 unspecified atom stereocenters. The Bertz CT molecular complexity index is 628. The molecule has 1 aromatic carbocycles. The van der Waals surface area contributed by atoms with Crippen molar-refractivity contribution in [3.8, 4) is 0 Å². The highest BCUT2D eigenvalue weighted by molar-refractivity contribution is 6.30. The predicted octanol–water partition coefficient (Wildman–Crippen LogP) is 3.32. The molecule has 1 aromatic heterocycles. The Labute approximate surface area is 134 Å². The van der Waals surface area contributed by atoms with Crippen LogP contribution < -0.4 is 5.32 Å². The molecule has 2 aromatic rings. The normalized spacial score (nSPS) is 11.5. The summed E-state index contributed by atoms with van der Waals surface area (Å²) >= 11 is 5.69. The van der Waals surface area contributed by atoms with Crippen molar-refractivity contribution < 1.29 is 8.81 Å². The number of hydrogen-bond acceptors (Lipinski definition) is 2. The Balaban J connectivity index is 1.88. The first-order valence-corrected chi connectivity index (χ1v) is 7.36. The Morgan fingerprint density at radius 1 is 1.41 bits per heavy atom. The van der Waals surface area contributed by atoms with Crippen LogP contribution in [0.25, 0.3) is 0 Å². The van der Waals surface area contributed by atoms with Gasteiger partial charge in [-0.2, -0.15) is 0 Å². The maximum atomic E-state index is 13.5. The molecule has 0 saturated heterocycles. The van der Waals surface area contributed by atoms with Crippen molar-refractivity contribution in [3.05, 3.63) is 58.8 Å². The maximum Gasteiger partial charge on any atom is 0.193 e. The minimum Gasteiger partial charge on any atom is -0.469 e. The summed E-state index contributed by atoms with van der Waals surface area (Å²) in [6.07, 6.45) is 2.43. The van der Waals surface area contributed by atoms with E-state index in [2.05, 4.69) is 10.3 Å².